The lowest BCUT2D eigenvalue weighted by atomic mass is 10.1. The third-order valence-electron chi connectivity index (χ3n) is 3.07. The molecule has 1 atom stereocenters. The van der Waals surface area contributed by atoms with Gasteiger partial charge >= 0.3 is 6.09 Å². The fourth-order valence-electron chi connectivity index (χ4n) is 2.33. The predicted molar refractivity (Wildman–Crippen MR) is 71.4 cm³/mol. The van der Waals surface area contributed by atoms with E-state index in [0.717, 1.165) is 19.4 Å². The quantitative estimate of drug-likeness (QED) is 0.756. The topological polar surface area (TPSA) is 29.5 Å². The summed E-state index contributed by atoms with van der Waals surface area (Å²) >= 11 is 0. The molecular formula is C15H21NO2. The Balaban J connectivity index is 2.11. The number of rotatable bonds is 1. The lowest BCUT2D eigenvalue weighted by Crippen LogP contribution is -2.36. The molecule has 1 saturated heterocycles. The Hall–Kier alpha value is -1.51. The van der Waals surface area contributed by atoms with Crippen molar-refractivity contribution in [3.8, 4) is 0 Å². The van der Waals surface area contributed by atoms with E-state index in [1.807, 2.05) is 43.9 Å². The number of likely N-dealkylation sites (tertiary alicyclic amines) is 1. The number of nitrogens with zero attached hydrogens (tertiary/aromatic N) is 1. The van der Waals surface area contributed by atoms with Crippen LogP contribution in [0.3, 0.4) is 0 Å². The predicted octanol–water partition coefficient (Wildman–Crippen LogP) is 3.76. The zero-order chi connectivity index (χ0) is 13.2. The summed E-state index contributed by atoms with van der Waals surface area (Å²) in [6, 6.07) is 10.3. The van der Waals surface area contributed by atoms with E-state index >= 15 is 0 Å². The van der Waals surface area contributed by atoms with Crippen LogP contribution in [-0.4, -0.2) is 23.1 Å². The van der Waals surface area contributed by atoms with E-state index in [1.54, 1.807) is 0 Å². The van der Waals surface area contributed by atoms with Gasteiger partial charge in [-0.25, -0.2) is 4.79 Å². The highest BCUT2D eigenvalue weighted by Crippen LogP contribution is 2.32. The summed E-state index contributed by atoms with van der Waals surface area (Å²) < 4.78 is 5.46. The molecule has 3 heteroatoms. The van der Waals surface area contributed by atoms with Gasteiger partial charge in [-0.15, -0.1) is 0 Å². The van der Waals surface area contributed by atoms with Crippen LogP contribution < -0.4 is 0 Å². The molecule has 1 heterocycles. The number of hydrogen-bond donors (Lipinski definition) is 0. The van der Waals surface area contributed by atoms with E-state index < -0.39 is 5.60 Å². The molecule has 0 aliphatic carbocycles. The van der Waals surface area contributed by atoms with Crippen LogP contribution in [0.25, 0.3) is 0 Å². The van der Waals surface area contributed by atoms with E-state index in [2.05, 4.69) is 12.1 Å². The van der Waals surface area contributed by atoms with Crippen LogP contribution in [0.15, 0.2) is 30.3 Å². The molecule has 1 aromatic rings. The minimum Gasteiger partial charge on any atom is -0.444 e. The molecule has 0 radical (unpaired) electrons. The molecule has 0 bridgehead atoms. The second-order valence-electron chi connectivity index (χ2n) is 5.74. The van der Waals surface area contributed by atoms with E-state index in [1.165, 1.54) is 5.56 Å². The summed E-state index contributed by atoms with van der Waals surface area (Å²) in [7, 11) is 0. The first kappa shape index (κ1) is 12.9. The summed E-state index contributed by atoms with van der Waals surface area (Å²) in [5.41, 5.74) is 0.766. The van der Waals surface area contributed by atoms with Gasteiger partial charge in [-0.05, 0) is 39.2 Å². The van der Waals surface area contributed by atoms with Crippen molar-refractivity contribution in [2.45, 2.75) is 45.3 Å². The molecule has 1 fully saturated rings. The van der Waals surface area contributed by atoms with Gasteiger partial charge in [0, 0.05) is 6.54 Å². The first-order valence-electron chi connectivity index (χ1n) is 6.52. The number of carbonyl (C=O) groups excluding carboxylic acids is 1. The van der Waals surface area contributed by atoms with Crippen molar-refractivity contribution in [1.82, 2.24) is 4.90 Å². The Morgan fingerprint density at radius 1 is 1.28 bits per heavy atom. The molecule has 98 valence electrons. The Bertz CT molecular complexity index is 408. The van der Waals surface area contributed by atoms with Gasteiger partial charge < -0.3 is 9.64 Å². The minimum absolute atomic E-state index is 0.168. The van der Waals surface area contributed by atoms with Gasteiger partial charge in [-0.2, -0.15) is 0 Å². The Morgan fingerprint density at radius 2 is 1.94 bits per heavy atom. The molecule has 1 aliphatic heterocycles. The van der Waals surface area contributed by atoms with Crippen LogP contribution in [0.1, 0.15) is 45.2 Å². The fourth-order valence-corrected chi connectivity index (χ4v) is 2.33. The van der Waals surface area contributed by atoms with Crippen molar-refractivity contribution >= 4 is 6.09 Å². The number of ether oxygens (including phenoxy) is 1. The molecule has 0 unspecified atom stereocenters. The van der Waals surface area contributed by atoms with Crippen LogP contribution in [-0.2, 0) is 4.74 Å². The molecule has 3 nitrogen and oxygen atoms in total. The number of amides is 1. The van der Waals surface area contributed by atoms with Gasteiger partial charge in [-0.3, -0.25) is 0 Å². The Labute approximate surface area is 109 Å². The van der Waals surface area contributed by atoms with E-state index in [-0.39, 0.29) is 12.1 Å². The highest BCUT2D eigenvalue weighted by molar-refractivity contribution is 5.69. The first-order valence-corrected chi connectivity index (χ1v) is 6.52. The fraction of sp³-hybridized carbons (Fsp3) is 0.533. The van der Waals surface area contributed by atoms with Crippen molar-refractivity contribution in [3.63, 3.8) is 0 Å². The lowest BCUT2D eigenvalue weighted by Gasteiger charge is -2.28. The van der Waals surface area contributed by atoms with Gasteiger partial charge in [-0.1, -0.05) is 30.3 Å². The van der Waals surface area contributed by atoms with Crippen molar-refractivity contribution in [2.75, 3.05) is 6.54 Å². The Kier molecular flexibility index (Phi) is 3.60. The van der Waals surface area contributed by atoms with Crippen LogP contribution in [0.5, 0.6) is 0 Å². The largest absolute Gasteiger partial charge is 0.444 e. The first-order chi connectivity index (χ1) is 8.47. The molecule has 0 saturated carbocycles. The monoisotopic (exact) mass is 247 g/mol. The average Bonchev–Trinajstić information content (AvgIpc) is 2.76. The van der Waals surface area contributed by atoms with Crippen molar-refractivity contribution < 1.29 is 9.53 Å². The van der Waals surface area contributed by atoms with Crippen molar-refractivity contribution in [2.24, 2.45) is 0 Å². The third-order valence-corrected chi connectivity index (χ3v) is 3.07. The lowest BCUT2D eigenvalue weighted by molar-refractivity contribution is 0.0224. The molecule has 1 aliphatic rings. The number of benzene rings is 1. The maximum absolute atomic E-state index is 12.1. The molecule has 2 rings (SSSR count). The maximum atomic E-state index is 12.1. The standard InChI is InChI=1S/C15H21NO2/c1-15(2,3)18-14(17)16-11-7-10-13(16)12-8-5-4-6-9-12/h4-6,8-9,13H,7,10-11H2,1-3H3/t13-/m0/s1. The van der Waals surface area contributed by atoms with Gasteiger partial charge in [0.25, 0.3) is 0 Å². The van der Waals surface area contributed by atoms with Crippen LogP contribution in [0.4, 0.5) is 4.79 Å². The normalized spacial score (nSPS) is 19.9. The summed E-state index contributed by atoms with van der Waals surface area (Å²) in [6.45, 7) is 6.49. The summed E-state index contributed by atoms with van der Waals surface area (Å²) in [5, 5.41) is 0. The molecule has 1 aromatic carbocycles. The van der Waals surface area contributed by atoms with Crippen molar-refractivity contribution in [1.29, 1.82) is 0 Å². The zero-order valence-electron chi connectivity index (χ0n) is 11.3. The molecule has 1 amide bonds. The van der Waals surface area contributed by atoms with Crippen LogP contribution in [0, 0.1) is 0 Å². The molecule has 18 heavy (non-hydrogen) atoms. The highest BCUT2D eigenvalue weighted by Gasteiger charge is 2.32. The van der Waals surface area contributed by atoms with Crippen molar-refractivity contribution in [3.05, 3.63) is 35.9 Å². The van der Waals surface area contributed by atoms with Crippen LogP contribution >= 0.6 is 0 Å². The van der Waals surface area contributed by atoms with Gasteiger partial charge in [0.15, 0.2) is 0 Å². The Morgan fingerprint density at radius 3 is 2.56 bits per heavy atom. The second-order valence-corrected chi connectivity index (χ2v) is 5.74. The second kappa shape index (κ2) is 5.01. The summed E-state index contributed by atoms with van der Waals surface area (Å²) in [5.74, 6) is 0. The van der Waals surface area contributed by atoms with E-state index in [0.29, 0.717) is 0 Å². The van der Waals surface area contributed by atoms with E-state index in [4.69, 9.17) is 4.74 Å². The highest BCUT2D eigenvalue weighted by atomic mass is 16.6. The van der Waals surface area contributed by atoms with Gasteiger partial charge in [0.2, 0.25) is 0 Å². The smallest absolute Gasteiger partial charge is 0.410 e. The van der Waals surface area contributed by atoms with E-state index in [9.17, 15) is 4.79 Å². The van der Waals surface area contributed by atoms with Crippen LogP contribution in [0.2, 0.25) is 0 Å². The maximum Gasteiger partial charge on any atom is 0.410 e. The number of hydrogen-bond acceptors (Lipinski definition) is 2. The average molecular weight is 247 g/mol. The van der Waals surface area contributed by atoms with Gasteiger partial charge in [0.05, 0.1) is 6.04 Å². The zero-order valence-corrected chi connectivity index (χ0v) is 11.3. The molecule has 0 N–H and O–H groups in total. The molecule has 0 spiro atoms. The summed E-state index contributed by atoms with van der Waals surface area (Å²) in [4.78, 5) is 14.0. The summed E-state index contributed by atoms with van der Waals surface area (Å²) in [6.07, 6.45) is 1.86. The third kappa shape index (κ3) is 3.03. The van der Waals surface area contributed by atoms with Gasteiger partial charge in [0.1, 0.15) is 5.60 Å². The number of carbonyl (C=O) groups is 1. The SMILES string of the molecule is CC(C)(C)OC(=O)N1CCC[C@H]1c1ccccc1. The molecular weight excluding hydrogens is 226 g/mol. The minimum atomic E-state index is -0.430. The molecule has 0 aromatic heterocycles.